The van der Waals surface area contributed by atoms with Crippen LogP contribution in [0.1, 0.15) is 22.3 Å². The molecule has 4 aromatic carbocycles. The Balaban J connectivity index is 1.66. The van der Waals surface area contributed by atoms with Crippen molar-refractivity contribution in [3.05, 3.63) is 119 Å². The number of carbonyl (C=O) groups excluding carboxylic acids is 1. The maximum Gasteiger partial charge on any atom is 0.321 e. The summed E-state index contributed by atoms with van der Waals surface area (Å²) in [7, 11) is 0. The van der Waals surface area contributed by atoms with Crippen LogP contribution in [0.15, 0.2) is 97.1 Å². The monoisotopic (exact) mass is 484 g/mol. The predicted molar refractivity (Wildman–Crippen MR) is 136 cm³/mol. The van der Waals surface area contributed by atoms with E-state index in [1.165, 1.54) is 24.3 Å². The summed E-state index contributed by atoms with van der Waals surface area (Å²) in [5.74, 6) is -0.948. The van der Waals surface area contributed by atoms with Gasteiger partial charge in [-0.05, 0) is 46.5 Å². The van der Waals surface area contributed by atoms with E-state index in [0.29, 0.717) is 24.2 Å². The van der Waals surface area contributed by atoms with Gasteiger partial charge in [0.25, 0.3) is 0 Å². The highest BCUT2D eigenvalue weighted by atomic mass is 16.3. The second-order valence-electron chi connectivity index (χ2n) is 8.61. The molecule has 0 aliphatic carbocycles. The summed E-state index contributed by atoms with van der Waals surface area (Å²) in [6.45, 7) is 1.06. The van der Waals surface area contributed by atoms with Crippen molar-refractivity contribution in [1.82, 2.24) is 9.80 Å². The lowest BCUT2D eigenvalue weighted by molar-refractivity contribution is 0.141. The number of phenols is 4. The molecular formula is C29H28N2O5. The molecule has 0 aliphatic heterocycles. The van der Waals surface area contributed by atoms with E-state index >= 15 is 0 Å². The van der Waals surface area contributed by atoms with Gasteiger partial charge in [-0.1, -0.05) is 72.8 Å². The van der Waals surface area contributed by atoms with Crippen LogP contribution < -0.4 is 0 Å². The molecule has 0 saturated heterocycles. The number of hydrogen-bond acceptors (Lipinski definition) is 5. The second kappa shape index (κ2) is 11.2. The summed E-state index contributed by atoms with van der Waals surface area (Å²) >= 11 is 0. The van der Waals surface area contributed by atoms with Crippen molar-refractivity contribution in [2.45, 2.75) is 26.2 Å². The van der Waals surface area contributed by atoms with Crippen molar-refractivity contribution in [2.75, 3.05) is 0 Å². The lowest BCUT2D eigenvalue weighted by atomic mass is 10.1. The minimum atomic E-state index is -0.250. The van der Waals surface area contributed by atoms with Crippen LogP contribution in [-0.4, -0.2) is 36.3 Å². The van der Waals surface area contributed by atoms with Crippen LogP contribution in [0.2, 0.25) is 0 Å². The molecule has 0 aromatic heterocycles. The molecule has 0 saturated carbocycles. The molecule has 7 heteroatoms. The first-order valence-electron chi connectivity index (χ1n) is 11.5. The molecule has 184 valence electrons. The van der Waals surface area contributed by atoms with Crippen molar-refractivity contribution in [2.24, 2.45) is 0 Å². The third-order valence-electron chi connectivity index (χ3n) is 5.80. The van der Waals surface area contributed by atoms with Gasteiger partial charge in [0.05, 0.1) is 0 Å². The molecule has 2 amide bonds. The summed E-state index contributed by atoms with van der Waals surface area (Å²) in [5, 5.41) is 39.4. The number of amides is 2. The van der Waals surface area contributed by atoms with Crippen LogP contribution >= 0.6 is 0 Å². The van der Waals surface area contributed by atoms with Gasteiger partial charge in [0.15, 0.2) is 23.0 Å². The quantitative estimate of drug-likeness (QED) is 0.253. The molecule has 0 atom stereocenters. The molecule has 4 aromatic rings. The average Bonchev–Trinajstić information content (AvgIpc) is 2.88. The molecule has 36 heavy (non-hydrogen) atoms. The van der Waals surface area contributed by atoms with Crippen molar-refractivity contribution in [3.8, 4) is 23.0 Å². The fourth-order valence-corrected chi connectivity index (χ4v) is 3.97. The average molecular weight is 485 g/mol. The van der Waals surface area contributed by atoms with Gasteiger partial charge in [0.1, 0.15) is 0 Å². The van der Waals surface area contributed by atoms with Crippen LogP contribution in [0, 0.1) is 0 Å². The van der Waals surface area contributed by atoms with Crippen LogP contribution in [-0.2, 0) is 26.2 Å². The summed E-state index contributed by atoms with van der Waals surface area (Å²) in [6.07, 6.45) is 0. The maximum atomic E-state index is 14.0. The zero-order chi connectivity index (χ0) is 25.5. The van der Waals surface area contributed by atoms with Gasteiger partial charge in [-0.25, -0.2) is 4.79 Å². The fourth-order valence-electron chi connectivity index (χ4n) is 3.97. The van der Waals surface area contributed by atoms with Crippen molar-refractivity contribution in [1.29, 1.82) is 0 Å². The zero-order valence-electron chi connectivity index (χ0n) is 19.7. The van der Waals surface area contributed by atoms with Gasteiger partial charge in [-0.15, -0.1) is 0 Å². The van der Waals surface area contributed by atoms with E-state index in [0.717, 1.165) is 11.1 Å². The van der Waals surface area contributed by atoms with Crippen molar-refractivity contribution >= 4 is 6.03 Å². The first kappa shape index (κ1) is 24.5. The largest absolute Gasteiger partial charge is 0.504 e. The van der Waals surface area contributed by atoms with E-state index in [1.807, 2.05) is 60.7 Å². The third kappa shape index (κ3) is 6.27. The maximum absolute atomic E-state index is 14.0. The smallest absolute Gasteiger partial charge is 0.321 e. The van der Waals surface area contributed by atoms with Crippen molar-refractivity contribution < 1.29 is 25.2 Å². The summed E-state index contributed by atoms with van der Waals surface area (Å²) in [4.78, 5) is 17.3. The van der Waals surface area contributed by atoms with Gasteiger partial charge in [-0.2, -0.15) is 0 Å². The van der Waals surface area contributed by atoms with E-state index in [1.54, 1.807) is 21.9 Å². The van der Waals surface area contributed by atoms with Gasteiger partial charge >= 0.3 is 6.03 Å². The molecule has 4 N–H and O–H groups in total. The summed E-state index contributed by atoms with van der Waals surface area (Å²) < 4.78 is 0. The fraction of sp³-hybridized carbons (Fsp3) is 0.138. The highest BCUT2D eigenvalue weighted by Crippen LogP contribution is 2.28. The number of aromatic hydroxyl groups is 4. The minimum Gasteiger partial charge on any atom is -0.504 e. The number of hydrogen-bond donors (Lipinski definition) is 4. The highest BCUT2D eigenvalue weighted by molar-refractivity contribution is 5.74. The topological polar surface area (TPSA) is 104 Å². The SMILES string of the molecule is O=C(N(Cc1ccccc1)Cc1ccc(O)c(O)c1)N(Cc1ccccc1)Cc1ccc(O)c(O)c1. The molecule has 0 unspecified atom stereocenters. The van der Waals surface area contributed by atoms with Gasteiger partial charge in [-0.3, -0.25) is 0 Å². The predicted octanol–water partition coefficient (Wildman–Crippen LogP) is 5.33. The molecular weight excluding hydrogens is 456 g/mol. The normalized spacial score (nSPS) is 10.7. The Kier molecular flexibility index (Phi) is 7.60. The van der Waals surface area contributed by atoms with Gasteiger partial charge < -0.3 is 30.2 Å². The van der Waals surface area contributed by atoms with E-state index in [2.05, 4.69) is 0 Å². The van der Waals surface area contributed by atoms with Crippen LogP contribution in [0.25, 0.3) is 0 Å². The molecule has 0 heterocycles. The standard InChI is InChI=1S/C29H28N2O5/c32-25-13-11-23(15-27(25)34)19-30(17-21-7-3-1-4-8-21)29(36)31(18-22-9-5-2-6-10-22)20-24-12-14-26(33)28(35)16-24/h1-16,32-35H,17-20H2. The van der Waals surface area contributed by atoms with E-state index in [4.69, 9.17) is 0 Å². The Bertz CT molecular complexity index is 1210. The van der Waals surface area contributed by atoms with Crippen LogP contribution in [0.5, 0.6) is 23.0 Å². The Hall–Kier alpha value is -4.65. The first-order valence-corrected chi connectivity index (χ1v) is 11.5. The van der Waals surface area contributed by atoms with Crippen molar-refractivity contribution in [3.63, 3.8) is 0 Å². The lowest BCUT2D eigenvalue weighted by Gasteiger charge is -2.31. The highest BCUT2D eigenvalue weighted by Gasteiger charge is 2.23. The third-order valence-corrected chi connectivity index (χ3v) is 5.80. The Morgan fingerprint density at radius 3 is 1.19 bits per heavy atom. The van der Waals surface area contributed by atoms with E-state index in [9.17, 15) is 25.2 Å². The molecule has 7 nitrogen and oxygen atoms in total. The Morgan fingerprint density at radius 1 is 0.472 bits per heavy atom. The van der Waals surface area contributed by atoms with E-state index in [-0.39, 0.29) is 42.1 Å². The van der Waals surface area contributed by atoms with Gasteiger partial charge in [0, 0.05) is 26.2 Å². The van der Waals surface area contributed by atoms with Crippen LogP contribution in [0.3, 0.4) is 0 Å². The number of rotatable bonds is 8. The molecule has 0 fully saturated rings. The number of nitrogens with zero attached hydrogens (tertiary/aromatic N) is 2. The molecule has 4 rings (SSSR count). The summed E-state index contributed by atoms with van der Waals surface area (Å²) in [6, 6.07) is 28.0. The zero-order valence-corrected chi connectivity index (χ0v) is 19.7. The molecule has 0 spiro atoms. The summed E-state index contributed by atoms with van der Waals surface area (Å²) in [5.41, 5.74) is 3.21. The number of phenolic OH excluding ortho intramolecular Hbond substituents is 4. The van der Waals surface area contributed by atoms with Gasteiger partial charge in [0.2, 0.25) is 0 Å². The molecule has 0 radical (unpaired) electrons. The second-order valence-corrected chi connectivity index (χ2v) is 8.61. The first-order chi connectivity index (χ1) is 17.4. The number of carbonyl (C=O) groups is 1. The Morgan fingerprint density at radius 2 is 0.833 bits per heavy atom. The molecule has 0 aliphatic rings. The molecule has 0 bridgehead atoms. The number of urea groups is 1. The number of benzene rings is 4. The Labute approximate surface area is 209 Å². The van der Waals surface area contributed by atoms with Crippen LogP contribution in [0.4, 0.5) is 4.79 Å². The minimum absolute atomic E-state index is 0.202. The van der Waals surface area contributed by atoms with E-state index < -0.39 is 0 Å². The lowest BCUT2D eigenvalue weighted by Crippen LogP contribution is -2.41.